The van der Waals surface area contributed by atoms with Crippen LogP contribution in [0.2, 0.25) is 0 Å². The van der Waals surface area contributed by atoms with Crippen LogP contribution in [-0.2, 0) is 0 Å². The highest BCUT2D eigenvalue weighted by molar-refractivity contribution is 7.10. The monoisotopic (exact) mass is 297 g/mol. The van der Waals surface area contributed by atoms with Gasteiger partial charge in [0.2, 0.25) is 0 Å². The lowest BCUT2D eigenvalue weighted by Crippen LogP contribution is -2.26. The van der Waals surface area contributed by atoms with Gasteiger partial charge in [-0.15, -0.1) is 11.3 Å². The van der Waals surface area contributed by atoms with Crippen molar-refractivity contribution < 1.29 is 0 Å². The standard InChI is InChI=1S/C17H19N3S/c1-11-12-6-2-3-7-13(12)19-16(11)15-10-21-17(20-15)14-8-4-5-9-18-14/h2-3,6-7,10,14,18-19H,4-5,8-9H2,1H3. The van der Waals surface area contributed by atoms with Crippen LogP contribution in [0, 0.1) is 6.92 Å². The maximum absolute atomic E-state index is 4.89. The molecule has 1 saturated heterocycles. The van der Waals surface area contributed by atoms with Gasteiger partial charge in [-0.25, -0.2) is 4.98 Å². The van der Waals surface area contributed by atoms with Gasteiger partial charge >= 0.3 is 0 Å². The van der Waals surface area contributed by atoms with Gasteiger partial charge in [-0.3, -0.25) is 0 Å². The number of para-hydroxylation sites is 1. The lowest BCUT2D eigenvalue weighted by molar-refractivity contribution is 0.411. The molecule has 1 fully saturated rings. The molecule has 0 amide bonds. The topological polar surface area (TPSA) is 40.7 Å². The highest BCUT2D eigenvalue weighted by Crippen LogP contribution is 2.33. The molecule has 0 bridgehead atoms. The van der Waals surface area contributed by atoms with Crippen molar-refractivity contribution in [2.45, 2.75) is 32.2 Å². The molecule has 2 aromatic heterocycles. The van der Waals surface area contributed by atoms with Crippen LogP contribution in [0.4, 0.5) is 0 Å². The quantitative estimate of drug-likeness (QED) is 0.735. The van der Waals surface area contributed by atoms with Gasteiger partial charge in [0.05, 0.1) is 17.4 Å². The van der Waals surface area contributed by atoms with Crippen molar-refractivity contribution in [2.24, 2.45) is 0 Å². The van der Waals surface area contributed by atoms with E-state index in [1.54, 1.807) is 11.3 Å². The summed E-state index contributed by atoms with van der Waals surface area (Å²) in [6.45, 7) is 3.29. The van der Waals surface area contributed by atoms with Crippen molar-refractivity contribution in [1.82, 2.24) is 15.3 Å². The molecule has 4 heteroatoms. The SMILES string of the molecule is Cc1c(-c2csc(C3CCCCN3)n2)[nH]c2ccccc12. The second-order valence-corrected chi connectivity index (χ2v) is 6.63. The molecule has 0 aliphatic carbocycles. The highest BCUT2D eigenvalue weighted by atomic mass is 32.1. The molecule has 1 aromatic carbocycles. The fourth-order valence-electron chi connectivity index (χ4n) is 3.16. The van der Waals surface area contributed by atoms with Gasteiger partial charge in [0.25, 0.3) is 0 Å². The van der Waals surface area contributed by atoms with Crippen molar-refractivity contribution in [3.63, 3.8) is 0 Å². The summed E-state index contributed by atoms with van der Waals surface area (Å²) in [5.41, 5.74) is 4.72. The molecule has 0 saturated carbocycles. The molecule has 4 rings (SSSR count). The lowest BCUT2D eigenvalue weighted by atomic mass is 10.1. The molecule has 0 radical (unpaired) electrons. The molecule has 3 heterocycles. The van der Waals surface area contributed by atoms with Crippen LogP contribution >= 0.6 is 11.3 Å². The number of fused-ring (bicyclic) bond motifs is 1. The van der Waals surface area contributed by atoms with Gasteiger partial charge in [0, 0.05) is 16.3 Å². The maximum Gasteiger partial charge on any atom is 0.110 e. The summed E-state index contributed by atoms with van der Waals surface area (Å²) in [5.74, 6) is 0. The van der Waals surface area contributed by atoms with E-state index in [9.17, 15) is 0 Å². The molecule has 1 unspecified atom stereocenters. The first-order valence-corrected chi connectivity index (χ1v) is 8.47. The highest BCUT2D eigenvalue weighted by Gasteiger charge is 2.19. The third-order valence-electron chi connectivity index (χ3n) is 4.35. The Morgan fingerprint density at radius 2 is 2.14 bits per heavy atom. The van der Waals surface area contributed by atoms with Crippen molar-refractivity contribution in [3.05, 3.63) is 40.2 Å². The smallest absolute Gasteiger partial charge is 0.110 e. The molecule has 1 aliphatic rings. The predicted octanol–water partition coefficient (Wildman–Crippen LogP) is 4.41. The summed E-state index contributed by atoms with van der Waals surface area (Å²) in [4.78, 5) is 8.41. The number of thiazole rings is 1. The zero-order chi connectivity index (χ0) is 14.2. The number of aryl methyl sites for hydroxylation is 1. The van der Waals surface area contributed by atoms with E-state index >= 15 is 0 Å². The number of piperidine rings is 1. The van der Waals surface area contributed by atoms with Gasteiger partial charge in [-0.1, -0.05) is 24.6 Å². The Kier molecular flexibility index (Phi) is 3.28. The number of aromatic nitrogens is 2. The van der Waals surface area contributed by atoms with E-state index in [1.807, 2.05) is 0 Å². The van der Waals surface area contributed by atoms with Crippen LogP contribution < -0.4 is 5.32 Å². The molecular weight excluding hydrogens is 278 g/mol. The minimum atomic E-state index is 0.446. The van der Waals surface area contributed by atoms with Crippen LogP contribution in [0.1, 0.15) is 35.9 Å². The molecule has 1 aliphatic heterocycles. The van der Waals surface area contributed by atoms with Crippen molar-refractivity contribution >= 4 is 22.2 Å². The second kappa shape index (κ2) is 5.28. The third-order valence-corrected chi connectivity index (χ3v) is 5.31. The zero-order valence-electron chi connectivity index (χ0n) is 12.1. The molecule has 108 valence electrons. The summed E-state index contributed by atoms with van der Waals surface area (Å²) in [6.07, 6.45) is 3.80. The fraction of sp³-hybridized carbons (Fsp3) is 0.353. The molecule has 3 aromatic rings. The number of hydrogen-bond donors (Lipinski definition) is 2. The molecule has 21 heavy (non-hydrogen) atoms. The summed E-state index contributed by atoms with van der Waals surface area (Å²) in [7, 11) is 0. The van der Waals surface area contributed by atoms with E-state index in [1.165, 1.54) is 40.7 Å². The van der Waals surface area contributed by atoms with E-state index < -0.39 is 0 Å². The molecule has 0 spiro atoms. The van der Waals surface area contributed by atoms with E-state index in [0.717, 1.165) is 17.9 Å². The average molecular weight is 297 g/mol. The molecule has 3 nitrogen and oxygen atoms in total. The number of rotatable bonds is 2. The number of H-pyrrole nitrogens is 1. The molecule has 1 atom stereocenters. The minimum absolute atomic E-state index is 0.446. The summed E-state index contributed by atoms with van der Waals surface area (Å²) < 4.78 is 0. The Balaban J connectivity index is 1.72. The minimum Gasteiger partial charge on any atom is -0.353 e. The largest absolute Gasteiger partial charge is 0.353 e. The first kappa shape index (κ1) is 13.0. The number of hydrogen-bond acceptors (Lipinski definition) is 3. The normalized spacial score (nSPS) is 19.2. The summed E-state index contributed by atoms with van der Waals surface area (Å²) in [6, 6.07) is 8.90. The third kappa shape index (κ3) is 2.28. The van der Waals surface area contributed by atoms with Crippen LogP contribution in [0.25, 0.3) is 22.3 Å². The van der Waals surface area contributed by atoms with E-state index in [4.69, 9.17) is 4.98 Å². The van der Waals surface area contributed by atoms with E-state index in [0.29, 0.717) is 6.04 Å². The van der Waals surface area contributed by atoms with Gasteiger partial charge in [0.15, 0.2) is 0 Å². The number of benzene rings is 1. The van der Waals surface area contributed by atoms with Crippen LogP contribution in [0.3, 0.4) is 0 Å². The Labute approximate surface area is 128 Å². The van der Waals surface area contributed by atoms with Crippen molar-refractivity contribution in [2.75, 3.05) is 6.54 Å². The first-order valence-electron chi connectivity index (χ1n) is 7.59. The lowest BCUT2D eigenvalue weighted by Gasteiger charge is -2.21. The van der Waals surface area contributed by atoms with Gasteiger partial charge in [-0.05, 0) is 37.9 Å². The summed E-state index contributed by atoms with van der Waals surface area (Å²) >= 11 is 1.78. The van der Waals surface area contributed by atoms with E-state index in [2.05, 4.69) is 46.9 Å². The van der Waals surface area contributed by atoms with Crippen molar-refractivity contribution in [1.29, 1.82) is 0 Å². The Bertz CT molecular complexity index is 765. The number of nitrogens with one attached hydrogen (secondary N) is 2. The Morgan fingerprint density at radius 1 is 1.24 bits per heavy atom. The number of aromatic amines is 1. The second-order valence-electron chi connectivity index (χ2n) is 5.74. The summed E-state index contributed by atoms with van der Waals surface area (Å²) in [5, 5.41) is 8.28. The first-order chi connectivity index (χ1) is 10.3. The maximum atomic E-state index is 4.89. The molecular formula is C17H19N3S. The Hall–Kier alpha value is -1.65. The predicted molar refractivity (Wildman–Crippen MR) is 88.7 cm³/mol. The van der Waals surface area contributed by atoms with Crippen LogP contribution in [-0.4, -0.2) is 16.5 Å². The van der Waals surface area contributed by atoms with Gasteiger partial charge in [-0.2, -0.15) is 0 Å². The molecule has 2 N–H and O–H groups in total. The fourth-order valence-corrected chi connectivity index (χ4v) is 4.08. The zero-order valence-corrected chi connectivity index (χ0v) is 13.0. The van der Waals surface area contributed by atoms with Crippen molar-refractivity contribution in [3.8, 4) is 11.4 Å². The number of nitrogens with zero attached hydrogens (tertiary/aromatic N) is 1. The average Bonchev–Trinajstić information content (AvgIpc) is 3.14. The van der Waals surface area contributed by atoms with Gasteiger partial charge in [0.1, 0.15) is 5.01 Å². The van der Waals surface area contributed by atoms with E-state index in [-0.39, 0.29) is 0 Å². The van der Waals surface area contributed by atoms with Gasteiger partial charge < -0.3 is 10.3 Å². The van der Waals surface area contributed by atoms with Crippen LogP contribution in [0.15, 0.2) is 29.6 Å². The van der Waals surface area contributed by atoms with Crippen LogP contribution in [0.5, 0.6) is 0 Å². The Morgan fingerprint density at radius 3 is 2.95 bits per heavy atom.